The minimum atomic E-state index is 0.350. The second-order valence-electron chi connectivity index (χ2n) is 4.87. The number of rotatable bonds is 6. The maximum atomic E-state index is 8.56. The molecule has 0 aromatic carbocycles. The van der Waals surface area contributed by atoms with Crippen LogP contribution in [0.2, 0.25) is 0 Å². The average molecular weight is 360 g/mol. The van der Waals surface area contributed by atoms with E-state index in [1.807, 2.05) is 17.5 Å². The topological polar surface area (TPSA) is 137 Å². The van der Waals surface area contributed by atoms with Gasteiger partial charge in [-0.05, 0) is 18.6 Å². The molecule has 2 aromatic heterocycles. The number of thiazole rings is 1. The van der Waals surface area contributed by atoms with Crippen LogP contribution < -0.4 is 21.7 Å². The van der Waals surface area contributed by atoms with E-state index in [9.17, 15) is 0 Å². The number of nitrogens with two attached hydrogens (primary N) is 1. The normalized spacial score (nSPS) is 11.9. The van der Waals surface area contributed by atoms with Crippen LogP contribution in [0.1, 0.15) is 19.1 Å². The average Bonchev–Trinajstić information content (AvgIpc) is 3.26. The molecule has 2 aromatic rings. The van der Waals surface area contributed by atoms with Crippen molar-refractivity contribution in [2.45, 2.75) is 19.9 Å². The third kappa shape index (κ3) is 5.50. The third-order valence-electron chi connectivity index (χ3n) is 3.01. The smallest absolute Gasteiger partial charge is 0.212 e. The number of nitriles is 1. The first-order chi connectivity index (χ1) is 12.2. The highest BCUT2D eigenvalue weighted by Crippen LogP contribution is 2.28. The summed E-state index contributed by atoms with van der Waals surface area (Å²) in [5.41, 5.74) is 6.48. The van der Waals surface area contributed by atoms with Crippen LogP contribution in [0.25, 0.3) is 11.5 Å². The highest BCUT2D eigenvalue weighted by atomic mass is 32.1. The molecule has 0 fully saturated rings. The summed E-state index contributed by atoms with van der Waals surface area (Å²) in [4.78, 5) is 12.2. The summed E-state index contributed by atoms with van der Waals surface area (Å²) in [5.74, 6) is 2.06. The molecule has 0 aliphatic rings. The third-order valence-corrected chi connectivity index (χ3v) is 3.74. The van der Waals surface area contributed by atoms with E-state index in [1.54, 1.807) is 13.2 Å². The molecule has 0 spiro atoms. The van der Waals surface area contributed by atoms with Crippen molar-refractivity contribution < 1.29 is 4.42 Å². The Labute approximate surface area is 149 Å². The van der Waals surface area contributed by atoms with E-state index in [1.165, 1.54) is 11.3 Å². The van der Waals surface area contributed by atoms with Gasteiger partial charge in [-0.15, -0.1) is 16.3 Å². The first-order valence-electron chi connectivity index (χ1n) is 7.67. The largest absolute Gasteiger partial charge is 0.458 e. The van der Waals surface area contributed by atoms with Crippen LogP contribution in [0.3, 0.4) is 0 Å². The number of guanidine groups is 2. The molecule has 0 aliphatic heterocycles. The lowest BCUT2D eigenvalue weighted by atomic mass is 10.3. The quantitative estimate of drug-likeness (QED) is 0.348. The van der Waals surface area contributed by atoms with Gasteiger partial charge in [0.05, 0.1) is 6.54 Å². The Morgan fingerprint density at radius 1 is 1.44 bits per heavy atom. The van der Waals surface area contributed by atoms with Crippen LogP contribution in [-0.4, -0.2) is 30.5 Å². The standard InChI is InChI=1S/C15H20N8OS/c1-3-6-19-13(17)23-15-22-11(8-25-15)12-5-4-10(24-12)7-20-14(18-2)21-9-16/h4-5,8H,3,6-7H2,1-2H3,(H2,18,20,21)(H3,17,19,22,23). The number of aliphatic imine (C=N–C) groups is 2. The van der Waals surface area contributed by atoms with Gasteiger partial charge in [-0.25, -0.2) is 4.98 Å². The first kappa shape index (κ1) is 18.3. The van der Waals surface area contributed by atoms with Crippen molar-refractivity contribution in [1.82, 2.24) is 20.9 Å². The van der Waals surface area contributed by atoms with Gasteiger partial charge in [0.15, 0.2) is 11.7 Å². The molecule has 2 heterocycles. The zero-order chi connectivity index (χ0) is 18.1. The van der Waals surface area contributed by atoms with Gasteiger partial charge in [0.1, 0.15) is 11.5 Å². The zero-order valence-electron chi connectivity index (χ0n) is 14.0. The molecule has 5 N–H and O–H groups in total. The van der Waals surface area contributed by atoms with Crippen molar-refractivity contribution in [1.29, 1.82) is 5.26 Å². The Bertz CT molecular complexity index is 786. The minimum Gasteiger partial charge on any atom is -0.458 e. The summed E-state index contributed by atoms with van der Waals surface area (Å²) in [6.45, 7) is 3.22. The molecule has 0 radical (unpaired) electrons. The number of nitrogens with zero attached hydrogens (tertiary/aromatic N) is 4. The predicted octanol–water partition coefficient (Wildman–Crippen LogP) is 1.49. The second-order valence-corrected chi connectivity index (χ2v) is 5.71. The van der Waals surface area contributed by atoms with Crippen molar-refractivity contribution in [3.63, 3.8) is 0 Å². The molecule has 0 saturated carbocycles. The van der Waals surface area contributed by atoms with E-state index in [2.05, 4.69) is 37.8 Å². The monoisotopic (exact) mass is 360 g/mol. The Kier molecular flexibility index (Phi) is 6.79. The van der Waals surface area contributed by atoms with Crippen LogP contribution in [0.15, 0.2) is 31.9 Å². The van der Waals surface area contributed by atoms with Gasteiger partial charge >= 0.3 is 0 Å². The second kappa shape index (κ2) is 9.29. The summed E-state index contributed by atoms with van der Waals surface area (Å²) in [5, 5.41) is 19.7. The fourth-order valence-corrected chi connectivity index (χ4v) is 2.53. The summed E-state index contributed by atoms with van der Waals surface area (Å²) in [6, 6.07) is 3.67. The molecule has 9 nitrogen and oxygen atoms in total. The molecule has 0 saturated heterocycles. The molecule has 0 atom stereocenters. The maximum absolute atomic E-state index is 8.56. The SMILES string of the molecule is CCCNC(N)=Nc1nc(-c2ccc(CNC(=NC#N)NC)o2)cs1. The van der Waals surface area contributed by atoms with Crippen molar-refractivity contribution in [3.8, 4) is 17.6 Å². The van der Waals surface area contributed by atoms with E-state index < -0.39 is 0 Å². The fraction of sp³-hybridized carbons (Fsp3) is 0.333. The van der Waals surface area contributed by atoms with Gasteiger partial charge in [-0.1, -0.05) is 6.92 Å². The predicted molar refractivity (Wildman–Crippen MR) is 98.3 cm³/mol. The summed E-state index contributed by atoms with van der Waals surface area (Å²) in [6.07, 6.45) is 2.68. The van der Waals surface area contributed by atoms with Crippen LogP contribution >= 0.6 is 11.3 Å². The molecule has 132 valence electrons. The lowest BCUT2D eigenvalue weighted by Gasteiger charge is -2.04. The Morgan fingerprint density at radius 2 is 2.28 bits per heavy atom. The van der Waals surface area contributed by atoms with Crippen molar-refractivity contribution in [2.75, 3.05) is 13.6 Å². The molecule has 2 rings (SSSR count). The van der Waals surface area contributed by atoms with Crippen LogP contribution in [0.5, 0.6) is 0 Å². The van der Waals surface area contributed by atoms with Crippen LogP contribution in [-0.2, 0) is 6.54 Å². The molecular weight excluding hydrogens is 340 g/mol. The minimum absolute atomic E-state index is 0.350. The fourth-order valence-electron chi connectivity index (χ4n) is 1.84. The molecule has 0 amide bonds. The van der Waals surface area contributed by atoms with E-state index in [4.69, 9.17) is 15.4 Å². The van der Waals surface area contributed by atoms with Crippen molar-refractivity contribution in [2.24, 2.45) is 15.7 Å². The van der Waals surface area contributed by atoms with Crippen molar-refractivity contribution in [3.05, 3.63) is 23.3 Å². The maximum Gasteiger partial charge on any atom is 0.212 e. The zero-order valence-corrected chi connectivity index (χ0v) is 14.9. The molecule has 0 bridgehead atoms. The summed E-state index contributed by atoms with van der Waals surface area (Å²) in [7, 11) is 1.68. The van der Waals surface area contributed by atoms with E-state index in [-0.39, 0.29) is 0 Å². The Hall–Kier alpha value is -3.06. The summed E-state index contributed by atoms with van der Waals surface area (Å²) >= 11 is 1.38. The van der Waals surface area contributed by atoms with E-state index in [0.29, 0.717) is 40.8 Å². The van der Waals surface area contributed by atoms with Crippen LogP contribution in [0.4, 0.5) is 5.13 Å². The molecule has 10 heteroatoms. The van der Waals surface area contributed by atoms with E-state index in [0.717, 1.165) is 13.0 Å². The number of aromatic nitrogens is 1. The number of hydrogen-bond acceptors (Lipinski definition) is 6. The first-order valence-corrected chi connectivity index (χ1v) is 8.55. The van der Waals surface area contributed by atoms with Gasteiger partial charge < -0.3 is 26.1 Å². The Balaban J connectivity index is 2.01. The number of nitrogens with one attached hydrogen (secondary N) is 3. The van der Waals surface area contributed by atoms with Crippen LogP contribution in [0, 0.1) is 11.5 Å². The molecule has 0 unspecified atom stereocenters. The highest BCUT2D eigenvalue weighted by molar-refractivity contribution is 7.13. The lowest BCUT2D eigenvalue weighted by Crippen LogP contribution is -2.33. The van der Waals surface area contributed by atoms with E-state index >= 15 is 0 Å². The highest BCUT2D eigenvalue weighted by Gasteiger charge is 2.10. The molecular formula is C15H20N8OS. The van der Waals surface area contributed by atoms with Crippen molar-refractivity contribution >= 4 is 28.4 Å². The summed E-state index contributed by atoms with van der Waals surface area (Å²) < 4.78 is 5.75. The number of hydrogen-bond donors (Lipinski definition) is 4. The van der Waals surface area contributed by atoms with Gasteiger partial charge in [-0.3, -0.25) is 0 Å². The molecule has 0 aliphatic carbocycles. The van der Waals surface area contributed by atoms with Gasteiger partial charge in [0.25, 0.3) is 0 Å². The van der Waals surface area contributed by atoms with Gasteiger partial charge in [-0.2, -0.15) is 10.3 Å². The Morgan fingerprint density at radius 3 is 3.00 bits per heavy atom. The molecule has 25 heavy (non-hydrogen) atoms. The number of furan rings is 1. The lowest BCUT2D eigenvalue weighted by molar-refractivity contribution is 0.513. The van der Waals surface area contributed by atoms with Gasteiger partial charge in [0, 0.05) is 19.0 Å². The van der Waals surface area contributed by atoms with Gasteiger partial charge in [0.2, 0.25) is 17.3 Å².